The summed E-state index contributed by atoms with van der Waals surface area (Å²) in [5.41, 5.74) is 1.33. The minimum atomic E-state index is 0.241. The highest BCUT2D eigenvalue weighted by Crippen LogP contribution is 2.45. The van der Waals surface area contributed by atoms with Crippen LogP contribution < -0.4 is 0 Å². The number of allylic oxidation sites excluding steroid dienone is 2. The second-order valence-electron chi connectivity index (χ2n) is 5.02. The van der Waals surface area contributed by atoms with Crippen molar-refractivity contribution in [3.8, 4) is 0 Å². The SMILES string of the molecule is CCCC[C@H]1C(=O)C(OC)=C2CCCC[C@H]21. The number of carbonyl (C=O) groups is 1. The summed E-state index contributed by atoms with van der Waals surface area (Å²) in [5, 5.41) is 0. The maximum atomic E-state index is 12.2. The van der Waals surface area contributed by atoms with E-state index in [2.05, 4.69) is 6.92 Å². The van der Waals surface area contributed by atoms with Crippen LogP contribution in [0.2, 0.25) is 0 Å². The van der Waals surface area contributed by atoms with E-state index in [9.17, 15) is 4.79 Å². The second-order valence-corrected chi connectivity index (χ2v) is 5.02. The third-order valence-electron chi connectivity index (χ3n) is 4.07. The molecule has 2 aliphatic carbocycles. The molecule has 2 heteroatoms. The highest BCUT2D eigenvalue weighted by Gasteiger charge is 2.42. The summed E-state index contributed by atoms with van der Waals surface area (Å²) in [5.74, 6) is 1.76. The van der Waals surface area contributed by atoms with Gasteiger partial charge in [0.25, 0.3) is 0 Å². The van der Waals surface area contributed by atoms with Crippen LogP contribution >= 0.6 is 0 Å². The van der Waals surface area contributed by atoms with E-state index in [1.54, 1.807) is 7.11 Å². The van der Waals surface area contributed by atoms with Gasteiger partial charge in [0.05, 0.1) is 7.11 Å². The molecule has 90 valence electrons. The molecular formula is C14H22O2. The number of ketones is 1. The zero-order valence-corrected chi connectivity index (χ0v) is 10.4. The number of fused-ring (bicyclic) bond motifs is 1. The van der Waals surface area contributed by atoms with Crippen LogP contribution in [0.1, 0.15) is 51.9 Å². The zero-order chi connectivity index (χ0) is 11.5. The lowest BCUT2D eigenvalue weighted by Crippen LogP contribution is -2.20. The van der Waals surface area contributed by atoms with Crippen LogP contribution in [0.3, 0.4) is 0 Å². The first-order chi connectivity index (χ1) is 7.79. The van der Waals surface area contributed by atoms with Gasteiger partial charge in [0.15, 0.2) is 5.76 Å². The molecule has 0 aromatic heterocycles. The van der Waals surface area contributed by atoms with Gasteiger partial charge in [-0.1, -0.05) is 26.2 Å². The Bertz CT molecular complexity index is 304. The van der Waals surface area contributed by atoms with E-state index < -0.39 is 0 Å². The average molecular weight is 222 g/mol. The number of Topliss-reactive ketones (excluding diaryl/α,β-unsaturated/α-hetero) is 1. The van der Waals surface area contributed by atoms with E-state index in [4.69, 9.17) is 4.74 Å². The van der Waals surface area contributed by atoms with Crippen molar-refractivity contribution in [1.82, 2.24) is 0 Å². The van der Waals surface area contributed by atoms with Gasteiger partial charge in [0, 0.05) is 5.92 Å². The quantitative estimate of drug-likeness (QED) is 0.728. The molecule has 0 unspecified atom stereocenters. The molecule has 0 N–H and O–H groups in total. The number of hydrogen-bond acceptors (Lipinski definition) is 2. The predicted octanol–water partition coefficient (Wildman–Crippen LogP) is 3.47. The van der Waals surface area contributed by atoms with E-state index in [1.165, 1.54) is 31.3 Å². The van der Waals surface area contributed by atoms with Crippen molar-refractivity contribution in [2.75, 3.05) is 7.11 Å². The first-order valence-corrected chi connectivity index (χ1v) is 6.60. The summed E-state index contributed by atoms with van der Waals surface area (Å²) in [6, 6.07) is 0. The lowest BCUT2D eigenvalue weighted by Gasteiger charge is -2.25. The van der Waals surface area contributed by atoms with Crippen LogP contribution in [0.15, 0.2) is 11.3 Å². The third kappa shape index (κ3) is 1.90. The summed E-state index contributed by atoms with van der Waals surface area (Å²) >= 11 is 0. The molecule has 0 radical (unpaired) electrons. The number of rotatable bonds is 4. The number of carbonyl (C=O) groups excluding carboxylic acids is 1. The molecule has 0 bridgehead atoms. The summed E-state index contributed by atoms with van der Waals surface area (Å²) in [6.45, 7) is 2.19. The third-order valence-corrected chi connectivity index (χ3v) is 4.07. The van der Waals surface area contributed by atoms with Gasteiger partial charge >= 0.3 is 0 Å². The van der Waals surface area contributed by atoms with Crippen molar-refractivity contribution in [3.63, 3.8) is 0 Å². The molecule has 1 fully saturated rings. The van der Waals surface area contributed by atoms with Crippen molar-refractivity contribution in [2.24, 2.45) is 11.8 Å². The molecule has 16 heavy (non-hydrogen) atoms. The number of ether oxygens (including phenoxy) is 1. The Labute approximate surface area is 98.1 Å². The Kier molecular flexibility index (Phi) is 3.67. The summed E-state index contributed by atoms with van der Waals surface area (Å²) in [4.78, 5) is 12.2. The van der Waals surface area contributed by atoms with Gasteiger partial charge < -0.3 is 4.74 Å². The number of hydrogen-bond donors (Lipinski definition) is 0. The lowest BCUT2D eigenvalue weighted by molar-refractivity contribution is -0.122. The largest absolute Gasteiger partial charge is 0.493 e. The van der Waals surface area contributed by atoms with Crippen molar-refractivity contribution < 1.29 is 9.53 Å². The molecule has 0 heterocycles. The maximum absolute atomic E-state index is 12.2. The molecular weight excluding hydrogens is 200 g/mol. The first-order valence-electron chi connectivity index (χ1n) is 6.60. The Hall–Kier alpha value is -0.790. The standard InChI is InChI=1S/C14H22O2/c1-3-4-7-11-10-8-5-6-9-12(10)14(16-2)13(11)15/h10-11H,3-9H2,1-2H3/t10-,11+/m0/s1. The van der Waals surface area contributed by atoms with Crippen LogP contribution in [0.25, 0.3) is 0 Å². The minimum absolute atomic E-state index is 0.241. The van der Waals surface area contributed by atoms with Gasteiger partial charge in [-0.15, -0.1) is 0 Å². The van der Waals surface area contributed by atoms with E-state index in [0.29, 0.717) is 11.7 Å². The molecule has 2 nitrogen and oxygen atoms in total. The van der Waals surface area contributed by atoms with Gasteiger partial charge in [-0.05, 0) is 37.2 Å². The smallest absolute Gasteiger partial charge is 0.200 e. The first kappa shape index (κ1) is 11.7. The predicted molar refractivity (Wildman–Crippen MR) is 64.0 cm³/mol. The van der Waals surface area contributed by atoms with Crippen LogP contribution in [0.5, 0.6) is 0 Å². The Morgan fingerprint density at radius 1 is 1.38 bits per heavy atom. The summed E-state index contributed by atoms with van der Waals surface area (Å²) in [6.07, 6.45) is 8.18. The monoisotopic (exact) mass is 222 g/mol. The van der Waals surface area contributed by atoms with Crippen molar-refractivity contribution in [1.29, 1.82) is 0 Å². The molecule has 1 saturated carbocycles. The second kappa shape index (κ2) is 5.03. The van der Waals surface area contributed by atoms with Gasteiger partial charge in [0.1, 0.15) is 0 Å². The van der Waals surface area contributed by atoms with Crippen molar-refractivity contribution in [2.45, 2.75) is 51.9 Å². The molecule has 2 rings (SSSR count). The van der Waals surface area contributed by atoms with E-state index in [1.807, 2.05) is 0 Å². The molecule has 2 atom stereocenters. The molecule has 0 spiro atoms. The zero-order valence-electron chi connectivity index (χ0n) is 10.4. The van der Waals surface area contributed by atoms with E-state index >= 15 is 0 Å². The maximum Gasteiger partial charge on any atom is 0.200 e. The number of methoxy groups -OCH3 is 1. The molecule has 0 saturated heterocycles. The minimum Gasteiger partial charge on any atom is -0.493 e. The molecule has 0 amide bonds. The van der Waals surface area contributed by atoms with Crippen molar-refractivity contribution in [3.05, 3.63) is 11.3 Å². The molecule has 2 aliphatic rings. The highest BCUT2D eigenvalue weighted by molar-refractivity contribution is 5.99. The van der Waals surface area contributed by atoms with Gasteiger partial charge in [-0.25, -0.2) is 0 Å². The lowest BCUT2D eigenvalue weighted by atomic mass is 9.78. The topological polar surface area (TPSA) is 26.3 Å². The summed E-state index contributed by atoms with van der Waals surface area (Å²) in [7, 11) is 1.65. The van der Waals surface area contributed by atoms with Crippen LogP contribution in [0.4, 0.5) is 0 Å². The van der Waals surface area contributed by atoms with Gasteiger partial charge in [-0.2, -0.15) is 0 Å². The average Bonchev–Trinajstić information content (AvgIpc) is 2.58. The van der Waals surface area contributed by atoms with Gasteiger partial charge in [0.2, 0.25) is 5.78 Å². The molecule has 0 aromatic rings. The van der Waals surface area contributed by atoms with Crippen LogP contribution in [0, 0.1) is 11.8 Å². The van der Waals surface area contributed by atoms with Crippen LogP contribution in [-0.2, 0) is 9.53 Å². The fourth-order valence-electron chi connectivity index (χ4n) is 3.26. The Balaban J connectivity index is 2.16. The number of unbranched alkanes of at least 4 members (excludes halogenated alkanes) is 1. The molecule has 0 aliphatic heterocycles. The van der Waals surface area contributed by atoms with Crippen molar-refractivity contribution >= 4 is 5.78 Å². The highest BCUT2D eigenvalue weighted by atomic mass is 16.5. The summed E-state index contributed by atoms with van der Waals surface area (Å²) < 4.78 is 5.33. The van der Waals surface area contributed by atoms with Gasteiger partial charge in [-0.3, -0.25) is 4.79 Å². The van der Waals surface area contributed by atoms with E-state index in [-0.39, 0.29) is 11.7 Å². The fourth-order valence-corrected chi connectivity index (χ4v) is 3.26. The Morgan fingerprint density at radius 3 is 2.88 bits per heavy atom. The fraction of sp³-hybridized carbons (Fsp3) is 0.786. The van der Waals surface area contributed by atoms with Crippen LogP contribution in [-0.4, -0.2) is 12.9 Å². The molecule has 0 aromatic carbocycles. The normalized spacial score (nSPS) is 29.5. The Morgan fingerprint density at radius 2 is 2.19 bits per heavy atom. The van der Waals surface area contributed by atoms with E-state index in [0.717, 1.165) is 19.3 Å².